The van der Waals surface area contributed by atoms with Crippen LogP contribution in [-0.4, -0.2) is 11.1 Å². The molecular weight excluding hydrogens is 297 g/mol. The van der Waals surface area contributed by atoms with E-state index >= 15 is 0 Å². The fraction of sp³-hybridized carbons (Fsp3) is 0.133. The number of carboxylic acid groups (broad SMARTS) is 1. The van der Waals surface area contributed by atoms with Gasteiger partial charge in [-0.05, 0) is 42.8 Å². The second-order valence-electron chi connectivity index (χ2n) is 4.42. The van der Waals surface area contributed by atoms with Crippen molar-refractivity contribution >= 4 is 34.9 Å². The molecule has 0 aliphatic heterocycles. The molecule has 0 spiro atoms. The van der Waals surface area contributed by atoms with Gasteiger partial charge in [-0.25, -0.2) is 4.79 Å². The quantitative estimate of drug-likeness (QED) is 0.847. The van der Waals surface area contributed by atoms with Gasteiger partial charge in [0.05, 0.1) is 10.6 Å². The van der Waals surface area contributed by atoms with Crippen molar-refractivity contribution < 1.29 is 9.90 Å². The fourth-order valence-corrected chi connectivity index (χ4v) is 2.29. The Kier molecular flexibility index (Phi) is 4.53. The number of rotatable bonds is 4. The topological polar surface area (TPSA) is 49.3 Å². The lowest BCUT2D eigenvalue weighted by Gasteiger charge is -2.16. The van der Waals surface area contributed by atoms with Crippen molar-refractivity contribution in [1.29, 1.82) is 0 Å². The second kappa shape index (κ2) is 6.16. The Morgan fingerprint density at radius 1 is 1.20 bits per heavy atom. The molecule has 104 valence electrons. The van der Waals surface area contributed by atoms with Crippen LogP contribution in [0.1, 0.15) is 28.9 Å². The van der Waals surface area contributed by atoms with Gasteiger partial charge in [-0.15, -0.1) is 0 Å². The predicted octanol–water partition coefficient (Wildman–Crippen LogP) is 4.86. The minimum Gasteiger partial charge on any atom is -0.478 e. The molecule has 2 aromatic rings. The SMILES string of the molecule is CC(Nc1ccc(Cl)c(C(=O)O)c1)c1cccc(Cl)c1. The molecule has 0 aliphatic rings. The zero-order valence-electron chi connectivity index (χ0n) is 10.7. The zero-order chi connectivity index (χ0) is 14.7. The highest BCUT2D eigenvalue weighted by atomic mass is 35.5. The third-order valence-electron chi connectivity index (χ3n) is 2.93. The number of hydrogen-bond acceptors (Lipinski definition) is 2. The molecule has 0 bridgehead atoms. The molecule has 1 atom stereocenters. The van der Waals surface area contributed by atoms with E-state index in [-0.39, 0.29) is 16.6 Å². The highest BCUT2D eigenvalue weighted by Gasteiger charge is 2.11. The van der Waals surface area contributed by atoms with Crippen LogP contribution in [0.15, 0.2) is 42.5 Å². The first-order valence-electron chi connectivity index (χ1n) is 6.02. The molecule has 1 unspecified atom stereocenters. The summed E-state index contributed by atoms with van der Waals surface area (Å²) in [5, 5.41) is 13.2. The number of aromatic carboxylic acids is 1. The van der Waals surface area contributed by atoms with Crippen LogP contribution >= 0.6 is 23.2 Å². The van der Waals surface area contributed by atoms with Crippen molar-refractivity contribution in [3.63, 3.8) is 0 Å². The third-order valence-corrected chi connectivity index (χ3v) is 3.49. The Morgan fingerprint density at radius 3 is 2.60 bits per heavy atom. The van der Waals surface area contributed by atoms with Gasteiger partial charge in [0.2, 0.25) is 0 Å². The molecule has 2 aromatic carbocycles. The van der Waals surface area contributed by atoms with Crippen LogP contribution in [0, 0.1) is 0 Å². The molecule has 0 aliphatic carbocycles. The summed E-state index contributed by atoms with van der Waals surface area (Å²) in [5.41, 5.74) is 1.79. The van der Waals surface area contributed by atoms with Gasteiger partial charge in [-0.3, -0.25) is 0 Å². The number of carboxylic acids is 1. The van der Waals surface area contributed by atoms with E-state index in [0.717, 1.165) is 5.56 Å². The van der Waals surface area contributed by atoms with Crippen molar-refractivity contribution in [2.75, 3.05) is 5.32 Å². The summed E-state index contributed by atoms with van der Waals surface area (Å²) in [6, 6.07) is 12.3. The van der Waals surface area contributed by atoms with Crippen LogP contribution < -0.4 is 5.32 Å². The van der Waals surface area contributed by atoms with E-state index in [1.165, 1.54) is 6.07 Å². The van der Waals surface area contributed by atoms with E-state index in [2.05, 4.69) is 5.32 Å². The smallest absolute Gasteiger partial charge is 0.337 e. The molecule has 5 heteroatoms. The minimum absolute atomic E-state index is 0.00322. The Hall–Kier alpha value is -1.71. The lowest BCUT2D eigenvalue weighted by Crippen LogP contribution is -2.07. The summed E-state index contributed by atoms with van der Waals surface area (Å²) < 4.78 is 0. The molecule has 0 amide bonds. The number of halogens is 2. The highest BCUT2D eigenvalue weighted by molar-refractivity contribution is 6.33. The Labute approximate surface area is 127 Å². The molecule has 2 N–H and O–H groups in total. The van der Waals surface area contributed by atoms with Crippen molar-refractivity contribution in [3.05, 3.63) is 63.6 Å². The number of hydrogen-bond donors (Lipinski definition) is 2. The monoisotopic (exact) mass is 309 g/mol. The maximum absolute atomic E-state index is 11.0. The summed E-state index contributed by atoms with van der Waals surface area (Å²) in [6.07, 6.45) is 0. The van der Waals surface area contributed by atoms with Gasteiger partial charge in [-0.2, -0.15) is 0 Å². The van der Waals surface area contributed by atoms with Gasteiger partial charge < -0.3 is 10.4 Å². The maximum Gasteiger partial charge on any atom is 0.337 e. The van der Waals surface area contributed by atoms with E-state index in [1.807, 2.05) is 31.2 Å². The molecule has 0 saturated carbocycles. The summed E-state index contributed by atoms with van der Waals surface area (Å²) in [5.74, 6) is -1.05. The number of carbonyl (C=O) groups is 1. The van der Waals surface area contributed by atoms with Crippen LogP contribution in [0.25, 0.3) is 0 Å². The Morgan fingerprint density at radius 2 is 1.95 bits per heavy atom. The Bertz CT molecular complexity index is 644. The minimum atomic E-state index is -1.05. The Balaban J connectivity index is 2.22. The molecule has 0 fully saturated rings. The van der Waals surface area contributed by atoms with Gasteiger partial charge >= 0.3 is 5.97 Å². The zero-order valence-corrected chi connectivity index (χ0v) is 12.2. The van der Waals surface area contributed by atoms with Crippen molar-refractivity contribution in [3.8, 4) is 0 Å². The third kappa shape index (κ3) is 3.44. The van der Waals surface area contributed by atoms with E-state index < -0.39 is 5.97 Å². The lowest BCUT2D eigenvalue weighted by atomic mass is 10.1. The number of anilines is 1. The van der Waals surface area contributed by atoms with Crippen molar-refractivity contribution in [2.24, 2.45) is 0 Å². The molecule has 2 rings (SSSR count). The first kappa shape index (κ1) is 14.7. The number of nitrogens with one attached hydrogen (secondary N) is 1. The maximum atomic E-state index is 11.0. The van der Waals surface area contributed by atoms with Crippen LogP contribution in [0.5, 0.6) is 0 Å². The molecule has 0 saturated heterocycles. The average molecular weight is 310 g/mol. The first-order chi connectivity index (χ1) is 9.47. The molecule has 20 heavy (non-hydrogen) atoms. The van der Waals surface area contributed by atoms with Gasteiger partial charge in [0.15, 0.2) is 0 Å². The van der Waals surface area contributed by atoms with E-state index in [9.17, 15) is 4.79 Å². The van der Waals surface area contributed by atoms with Crippen molar-refractivity contribution in [1.82, 2.24) is 0 Å². The van der Waals surface area contributed by atoms with Crippen LogP contribution in [0.4, 0.5) is 5.69 Å². The predicted molar refractivity (Wildman–Crippen MR) is 81.9 cm³/mol. The van der Waals surface area contributed by atoms with E-state index in [4.69, 9.17) is 28.3 Å². The molecule has 0 radical (unpaired) electrons. The number of benzene rings is 2. The second-order valence-corrected chi connectivity index (χ2v) is 5.26. The first-order valence-corrected chi connectivity index (χ1v) is 6.78. The van der Waals surface area contributed by atoms with Crippen LogP contribution in [0.2, 0.25) is 10.0 Å². The standard InChI is InChI=1S/C15H13Cl2NO2/c1-9(10-3-2-4-11(16)7-10)18-12-5-6-14(17)13(8-12)15(19)20/h2-9,18H,1H3,(H,19,20). The highest BCUT2D eigenvalue weighted by Crippen LogP contribution is 2.25. The van der Waals surface area contributed by atoms with Gasteiger partial charge in [-0.1, -0.05) is 35.3 Å². The molecular formula is C15H13Cl2NO2. The summed E-state index contributed by atoms with van der Waals surface area (Å²) in [4.78, 5) is 11.0. The van der Waals surface area contributed by atoms with E-state index in [1.54, 1.807) is 12.1 Å². The lowest BCUT2D eigenvalue weighted by molar-refractivity contribution is 0.0697. The summed E-state index contributed by atoms with van der Waals surface area (Å²) in [6.45, 7) is 1.97. The van der Waals surface area contributed by atoms with Crippen LogP contribution in [0.3, 0.4) is 0 Å². The largest absolute Gasteiger partial charge is 0.478 e. The molecule has 0 aromatic heterocycles. The van der Waals surface area contributed by atoms with Crippen molar-refractivity contribution in [2.45, 2.75) is 13.0 Å². The fourth-order valence-electron chi connectivity index (χ4n) is 1.89. The van der Waals surface area contributed by atoms with Gasteiger partial charge in [0, 0.05) is 16.8 Å². The van der Waals surface area contributed by atoms with E-state index in [0.29, 0.717) is 10.7 Å². The molecule has 0 heterocycles. The molecule has 3 nitrogen and oxygen atoms in total. The summed E-state index contributed by atoms with van der Waals surface area (Å²) in [7, 11) is 0. The van der Waals surface area contributed by atoms with Crippen LogP contribution in [-0.2, 0) is 0 Å². The normalized spacial score (nSPS) is 11.9. The van der Waals surface area contributed by atoms with Gasteiger partial charge in [0.1, 0.15) is 0 Å². The average Bonchev–Trinajstić information content (AvgIpc) is 2.40. The summed E-state index contributed by atoms with van der Waals surface area (Å²) >= 11 is 11.8. The van der Waals surface area contributed by atoms with Gasteiger partial charge in [0.25, 0.3) is 0 Å².